The van der Waals surface area contributed by atoms with Gasteiger partial charge in [0.15, 0.2) is 5.82 Å². The number of aromatic nitrogens is 5. The van der Waals surface area contributed by atoms with E-state index in [1.165, 1.54) is 0 Å². The second kappa shape index (κ2) is 5.55. The van der Waals surface area contributed by atoms with Crippen molar-refractivity contribution in [3.63, 3.8) is 0 Å². The molecule has 0 amide bonds. The second-order valence-electron chi connectivity index (χ2n) is 5.14. The summed E-state index contributed by atoms with van der Waals surface area (Å²) in [5.74, 6) is 1.83. The molecule has 0 N–H and O–H groups in total. The minimum Gasteiger partial charge on any atom is -0.259 e. The molecular formula is C14H23N5. The van der Waals surface area contributed by atoms with Crippen molar-refractivity contribution in [2.24, 2.45) is 0 Å². The predicted octanol–water partition coefficient (Wildman–Crippen LogP) is 2.81. The molecule has 0 unspecified atom stereocenters. The van der Waals surface area contributed by atoms with Gasteiger partial charge in [0.1, 0.15) is 11.9 Å². The summed E-state index contributed by atoms with van der Waals surface area (Å²) in [6.07, 6.45) is 2.28. The van der Waals surface area contributed by atoms with Crippen molar-refractivity contribution in [2.75, 3.05) is 0 Å². The molecule has 0 aliphatic rings. The van der Waals surface area contributed by atoms with E-state index in [1.807, 2.05) is 23.2 Å². The van der Waals surface area contributed by atoms with Crippen LogP contribution in [-0.4, -0.2) is 24.5 Å². The Morgan fingerprint density at radius 3 is 2.53 bits per heavy atom. The highest BCUT2D eigenvalue weighted by Gasteiger charge is 2.18. The first-order chi connectivity index (χ1) is 9.02. The molecule has 2 aromatic heterocycles. The molecule has 5 nitrogen and oxygen atoms in total. The quantitative estimate of drug-likeness (QED) is 0.831. The number of nitrogens with zero attached hydrogens (tertiary/aromatic N) is 5. The fraction of sp³-hybridized carbons (Fsp3) is 0.643. The van der Waals surface area contributed by atoms with Gasteiger partial charge >= 0.3 is 0 Å². The van der Waals surface area contributed by atoms with Crippen LogP contribution in [0, 0.1) is 20.8 Å². The van der Waals surface area contributed by atoms with E-state index >= 15 is 0 Å². The molecule has 2 aromatic rings. The maximum atomic E-state index is 4.58. The largest absolute Gasteiger partial charge is 0.259 e. The van der Waals surface area contributed by atoms with Gasteiger partial charge in [-0.3, -0.25) is 4.68 Å². The van der Waals surface area contributed by atoms with Gasteiger partial charge in [-0.05, 0) is 40.2 Å². The topological polar surface area (TPSA) is 48.5 Å². The van der Waals surface area contributed by atoms with Gasteiger partial charge in [0, 0.05) is 12.2 Å². The molecule has 19 heavy (non-hydrogen) atoms. The molecular weight excluding hydrogens is 238 g/mol. The molecule has 2 heterocycles. The Hall–Kier alpha value is -1.65. The van der Waals surface area contributed by atoms with E-state index in [0.29, 0.717) is 0 Å². The normalized spacial score (nSPS) is 12.9. The highest BCUT2D eigenvalue weighted by molar-refractivity contribution is 5.10. The maximum Gasteiger partial charge on any atom is 0.151 e. The summed E-state index contributed by atoms with van der Waals surface area (Å²) in [6, 6.07) is 2.21. The predicted molar refractivity (Wildman–Crippen MR) is 75.2 cm³/mol. The molecule has 0 saturated carbocycles. The second-order valence-corrected chi connectivity index (χ2v) is 5.14. The molecule has 5 heteroatoms. The molecule has 0 radical (unpaired) electrons. The first kappa shape index (κ1) is 13.8. The highest BCUT2D eigenvalue weighted by Crippen LogP contribution is 2.18. The molecule has 0 fully saturated rings. The minimum absolute atomic E-state index is 0.117. The third kappa shape index (κ3) is 2.85. The Labute approximate surface area is 114 Å². The standard InChI is InChI=1S/C14H23N5/c1-6-7-8-18-14(15-13(5)17-18)12(4)19-11(3)9-10(2)16-19/h9,12H,6-8H2,1-5H3/t12-/m1/s1. The Morgan fingerprint density at radius 1 is 1.21 bits per heavy atom. The fourth-order valence-corrected chi connectivity index (χ4v) is 2.40. The van der Waals surface area contributed by atoms with Crippen LogP contribution in [-0.2, 0) is 6.54 Å². The Bertz CT molecular complexity index is 552. The van der Waals surface area contributed by atoms with Crippen LogP contribution in [0.2, 0.25) is 0 Å². The molecule has 0 saturated heterocycles. The van der Waals surface area contributed by atoms with Gasteiger partial charge in [-0.2, -0.15) is 10.2 Å². The van der Waals surface area contributed by atoms with Gasteiger partial charge in [0.25, 0.3) is 0 Å². The van der Waals surface area contributed by atoms with Gasteiger partial charge < -0.3 is 0 Å². The number of rotatable bonds is 5. The van der Waals surface area contributed by atoms with Crippen molar-refractivity contribution in [1.82, 2.24) is 24.5 Å². The Kier molecular flexibility index (Phi) is 4.02. The van der Waals surface area contributed by atoms with Crippen molar-refractivity contribution in [2.45, 2.75) is 60.0 Å². The molecule has 2 rings (SSSR count). The van der Waals surface area contributed by atoms with Crippen LogP contribution in [0.4, 0.5) is 0 Å². The molecule has 0 spiro atoms. The Balaban J connectivity index is 2.32. The lowest BCUT2D eigenvalue weighted by molar-refractivity contribution is 0.462. The number of aryl methyl sites for hydroxylation is 4. The molecule has 0 aliphatic carbocycles. The third-order valence-electron chi connectivity index (χ3n) is 3.31. The number of hydrogen-bond acceptors (Lipinski definition) is 3. The SMILES string of the molecule is CCCCn1nc(C)nc1[C@@H](C)n1nc(C)cc1C. The van der Waals surface area contributed by atoms with Crippen molar-refractivity contribution < 1.29 is 0 Å². The van der Waals surface area contributed by atoms with E-state index < -0.39 is 0 Å². The van der Waals surface area contributed by atoms with E-state index in [-0.39, 0.29) is 6.04 Å². The van der Waals surface area contributed by atoms with Crippen molar-refractivity contribution >= 4 is 0 Å². The molecule has 1 atom stereocenters. The monoisotopic (exact) mass is 261 g/mol. The summed E-state index contributed by atoms with van der Waals surface area (Å²) in [5, 5.41) is 9.05. The van der Waals surface area contributed by atoms with Crippen LogP contribution in [0.15, 0.2) is 6.07 Å². The van der Waals surface area contributed by atoms with E-state index in [0.717, 1.165) is 42.4 Å². The first-order valence-electron chi connectivity index (χ1n) is 6.97. The first-order valence-corrected chi connectivity index (χ1v) is 6.97. The summed E-state index contributed by atoms with van der Waals surface area (Å²) in [6.45, 7) is 11.3. The smallest absolute Gasteiger partial charge is 0.151 e. The maximum absolute atomic E-state index is 4.58. The summed E-state index contributed by atoms with van der Waals surface area (Å²) in [5.41, 5.74) is 2.20. The summed E-state index contributed by atoms with van der Waals surface area (Å²) >= 11 is 0. The zero-order valence-electron chi connectivity index (χ0n) is 12.5. The van der Waals surface area contributed by atoms with Crippen LogP contribution in [0.3, 0.4) is 0 Å². The third-order valence-corrected chi connectivity index (χ3v) is 3.31. The highest BCUT2D eigenvalue weighted by atomic mass is 15.4. The van der Waals surface area contributed by atoms with Crippen molar-refractivity contribution in [3.05, 3.63) is 29.1 Å². The van der Waals surface area contributed by atoms with Gasteiger partial charge in [-0.15, -0.1) is 0 Å². The van der Waals surface area contributed by atoms with Gasteiger partial charge in [0.05, 0.1) is 5.69 Å². The number of unbranched alkanes of at least 4 members (excludes halogenated alkanes) is 1. The minimum atomic E-state index is 0.117. The molecule has 0 bridgehead atoms. The van der Waals surface area contributed by atoms with Gasteiger partial charge in [0.2, 0.25) is 0 Å². The lowest BCUT2D eigenvalue weighted by atomic mass is 10.3. The van der Waals surface area contributed by atoms with Crippen molar-refractivity contribution in [1.29, 1.82) is 0 Å². The molecule has 104 valence electrons. The van der Waals surface area contributed by atoms with Gasteiger partial charge in [-0.25, -0.2) is 9.67 Å². The summed E-state index contributed by atoms with van der Waals surface area (Å²) in [7, 11) is 0. The summed E-state index contributed by atoms with van der Waals surface area (Å²) < 4.78 is 4.06. The molecule has 0 aromatic carbocycles. The number of hydrogen-bond donors (Lipinski definition) is 0. The lowest BCUT2D eigenvalue weighted by Gasteiger charge is -2.14. The molecule has 0 aliphatic heterocycles. The van der Waals surface area contributed by atoms with Crippen LogP contribution in [0.25, 0.3) is 0 Å². The van der Waals surface area contributed by atoms with Crippen LogP contribution in [0.1, 0.15) is 55.8 Å². The zero-order chi connectivity index (χ0) is 14.0. The van der Waals surface area contributed by atoms with Crippen molar-refractivity contribution in [3.8, 4) is 0 Å². The van der Waals surface area contributed by atoms with E-state index in [4.69, 9.17) is 0 Å². The average Bonchev–Trinajstić information content (AvgIpc) is 2.88. The van der Waals surface area contributed by atoms with Crippen LogP contribution >= 0.6 is 0 Å². The average molecular weight is 261 g/mol. The lowest BCUT2D eigenvalue weighted by Crippen LogP contribution is -2.17. The van der Waals surface area contributed by atoms with Crippen LogP contribution in [0.5, 0.6) is 0 Å². The Morgan fingerprint density at radius 2 is 1.95 bits per heavy atom. The van der Waals surface area contributed by atoms with Crippen LogP contribution < -0.4 is 0 Å². The van der Waals surface area contributed by atoms with E-state index in [2.05, 4.69) is 42.0 Å². The zero-order valence-corrected chi connectivity index (χ0v) is 12.5. The summed E-state index contributed by atoms with van der Waals surface area (Å²) in [4.78, 5) is 4.58. The van der Waals surface area contributed by atoms with Gasteiger partial charge in [-0.1, -0.05) is 13.3 Å². The van der Waals surface area contributed by atoms with E-state index in [1.54, 1.807) is 0 Å². The fourth-order valence-electron chi connectivity index (χ4n) is 2.40. The van der Waals surface area contributed by atoms with E-state index in [9.17, 15) is 0 Å².